The minimum Gasteiger partial charge on any atom is -0.495 e. The Bertz CT molecular complexity index is 1430. The average molecular weight is 465 g/mol. The van der Waals surface area contributed by atoms with Crippen LogP contribution in [0.1, 0.15) is 19.3 Å². The van der Waals surface area contributed by atoms with Crippen molar-refractivity contribution in [1.29, 1.82) is 0 Å². The second-order valence-corrected chi connectivity index (χ2v) is 9.97. The van der Waals surface area contributed by atoms with Crippen molar-refractivity contribution >= 4 is 43.6 Å². The number of anilines is 1. The highest BCUT2D eigenvalue weighted by atomic mass is 32.2. The van der Waals surface area contributed by atoms with Crippen LogP contribution in [-0.4, -0.2) is 38.3 Å². The van der Waals surface area contributed by atoms with Crippen molar-refractivity contribution in [2.24, 2.45) is 0 Å². The number of nitrogens with zero attached hydrogens (tertiary/aromatic N) is 1. The molecule has 2 heterocycles. The van der Waals surface area contributed by atoms with Gasteiger partial charge in [0.15, 0.2) is 0 Å². The van der Waals surface area contributed by atoms with E-state index in [4.69, 9.17) is 9.15 Å². The summed E-state index contributed by atoms with van der Waals surface area (Å²) in [5.41, 5.74) is 1.80. The third-order valence-corrected chi connectivity index (χ3v) is 7.99. The van der Waals surface area contributed by atoms with Gasteiger partial charge in [-0.05, 0) is 37.1 Å². The molecule has 3 aromatic carbocycles. The van der Waals surface area contributed by atoms with Gasteiger partial charge in [-0.15, -0.1) is 0 Å². The number of sulfonamides is 1. The SMILES string of the molecule is COc1cc2c(cc1NC(=O)[C@@H]1CCCCN1S(=O)(=O)c1ccccc1)oc1ccccc12. The molecule has 0 bridgehead atoms. The Morgan fingerprint density at radius 3 is 2.55 bits per heavy atom. The molecule has 0 radical (unpaired) electrons. The fourth-order valence-electron chi connectivity index (χ4n) is 4.42. The summed E-state index contributed by atoms with van der Waals surface area (Å²) in [6.07, 6.45) is 1.94. The number of methoxy groups -OCH3 is 1. The van der Waals surface area contributed by atoms with E-state index in [0.717, 1.165) is 22.8 Å². The zero-order chi connectivity index (χ0) is 23.0. The monoisotopic (exact) mass is 464 g/mol. The van der Waals surface area contributed by atoms with E-state index in [1.165, 1.54) is 11.4 Å². The predicted molar refractivity (Wildman–Crippen MR) is 127 cm³/mol. The van der Waals surface area contributed by atoms with Crippen LogP contribution in [0, 0.1) is 0 Å². The average Bonchev–Trinajstić information content (AvgIpc) is 3.21. The lowest BCUT2D eigenvalue weighted by Gasteiger charge is -2.33. The highest BCUT2D eigenvalue weighted by Crippen LogP contribution is 2.37. The minimum absolute atomic E-state index is 0.186. The Morgan fingerprint density at radius 1 is 1.00 bits per heavy atom. The number of para-hydroxylation sites is 1. The number of fused-ring (bicyclic) bond motifs is 3. The molecule has 7 nitrogen and oxygen atoms in total. The Hall–Kier alpha value is -3.36. The summed E-state index contributed by atoms with van der Waals surface area (Å²) in [5, 5.41) is 4.73. The van der Waals surface area contributed by atoms with Gasteiger partial charge in [-0.1, -0.05) is 42.8 Å². The number of furan rings is 1. The number of hydrogen-bond donors (Lipinski definition) is 1. The molecular formula is C25H24N2O5S. The van der Waals surface area contributed by atoms with Crippen molar-refractivity contribution in [2.45, 2.75) is 30.2 Å². The van der Waals surface area contributed by atoms with Crippen molar-refractivity contribution in [1.82, 2.24) is 4.31 Å². The van der Waals surface area contributed by atoms with Crippen LogP contribution >= 0.6 is 0 Å². The first kappa shape index (κ1) is 21.5. The number of hydrogen-bond acceptors (Lipinski definition) is 5. The standard InChI is InChI=1S/C25H24N2O5S/c1-31-24-15-19-18-11-5-6-13-22(18)32-23(19)16-20(24)26-25(28)21-12-7-8-14-27(21)33(29,30)17-9-3-2-4-10-17/h2-6,9-11,13,15-16,21H,7-8,12,14H2,1H3,(H,26,28)/t21-/m0/s1. The van der Waals surface area contributed by atoms with E-state index in [0.29, 0.717) is 36.4 Å². The van der Waals surface area contributed by atoms with Crippen molar-refractivity contribution in [3.05, 3.63) is 66.7 Å². The maximum Gasteiger partial charge on any atom is 0.243 e. The molecule has 8 heteroatoms. The maximum absolute atomic E-state index is 13.3. The van der Waals surface area contributed by atoms with Gasteiger partial charge in [-0.3, -0.25) is 4.79 Å². The molecule has 170 valence electrons. The molecule has 0 spiro atoms. The van der Waals surface area contributed by atoms with E-state index in [9.17, 15) is 13.2 Å². The Balaban J connectivity index is 1.48. The quantitative estimate of drug-likeness (QED) is 0.459. The molecule has 0 unspecified atom stereocenters. The van der Waals surface area contributed by atoms with Gasteiger partial charge < -0.3 is 14.5 Å². The number of piperidine rings is 1. The molecule has 33 heavy (non-hydrogen) atoms. The van der Waals surface area contributed by atoms with Crippen LogP contribution in [0.5, 0.6) is 5.75 Å². The Kier molecular flexibility index (Phi) is 5.55. The third-order valence-electron chi connectivity index (χ3n) is 6.06. The number of carbonyl (C=O) groups is 1. The minimum atomic E-state index is -3.79. The molecule has 1 fully saturated rings. The van der Waals surface area contributed by atoms with E-state index in [1.54, 1.807) is 36.4 Å². The van der Waals surface area contributed by atoms with E-state index in [1.807, 2.05) is 30.3 Å². The molecule has 1 saturated heterocycles. The third kappa shape index (κ3) is 3.85. The molecule has 1 aromatic heterocycles. The van der Waals surface area contributed by atoms with Gasteiger partial charge in [0.05, 0.1) is 17.7 Å². The van der Waals surface area contributed by atoms with Gasteiger partial charge in [0, 0.05) is 23.4 Å². The number of benzene rings is 3. The summed E-state index contributed by atoms with van der Waals surface area (Å²) in [5.74, 6) is 0.0960. The zero-order valence-electron chi connectivity index (χ0n) is 18.2. The second kappa shape index (κ2) is 8.53. The molecule has 1 aliphatic heterocycles. The van der Waals surface area contributed by atoms with Gasteiger partial charge in [0.1, 0.15) is 23.0 Å². The van der Waals surface area contributed by atoms with E-state index in [2.05, 4.69) is 5.32 Å². The van der Waals surface area contributed by atoms with Gasteiger partial charge in [0.2, 0.25) is 15.9 Å². The summed E-state index contributed by atoms with van der Waals surface area (Å²) in [7, 11) is -2.26. The largest absolute Gasteiger partial charge is 0.495 e. The van der Waals surface area contributed by atoms with Crippen LogP contribution < -0.4 is 10.1 Å². The zero-order valence-corrected chi connectivity index (χ0v) is 19.0. The van der Waals surface area contributed by atoms with Crippen LogP contribution in [0.2, 0.25) is 0 Å². The maximum atomic E-state index is 13.3. The summed E-state index contributed by atoms with van der Waals surface area (Å²) in [6, 6.07) is 18.7. The van der Waals surface area contributed by atoms with Gasteiger partial charge in [-0.25, -0.2) is 8.42 Å². The number of amides is 1. The molecule has 0 saturated carbocycles. The molecule has 0 aliphatic carbocycles. The first-order valence-electron chi connectivity index (χ1n) is 10.9. The highest BCUT2D eigenvalue weighted by Gasteiger charge is 2.37. The number of ether oxygens (including phenoxy) is 1. The van der Waals surface area contributed by atoms with Gasteiger partial charge >= 0.3 is 0 Å². The lowest BCUT2D eigenvalue weighted by Crippen LogP contribution is -2.49. The Labute approximate surface area is 192 Å². The summed E-state index contributed by atoms with van der Waals surface area (Å²) in [4.78, 5) is 13.5. The van der Waals surface area contributed by atoms with E-state index < -0.39 is 16.1 Å². The topological polar surface area (TPSA) is 88.9 Å². The van der Waals surface area contributed by atoms with Crippen LogP contribution in [0.15, 0.2) is 76.0 Å². The predicted octanol–water partition coefficient (Wildman–Crippen LogP) is 4.78. The van der Waals surface area contributed by atoms with E-state index >= 15 is 0 Å². The van der Waals surface area contributed by atoms with Gasteiger partial charge in [0.25, 0.3) is 0 Å². The number of rotatable bonds is 5. The smallest absolute Gasteiger partial charge is 0.243 e. The van der Waals surface area contributed by atoms with Crippen molar-refractivity contribution in [3.63, 3.8) is 0 Å². The number of nitrogens with one attached hydrogen (secondary N) is 1. The summed E-state index contributed by atoms with van der Waals surface area (Å²) >= 11 is 0. The van der Waals surface area contributed by atoms with Crippen molar-refractivity contribution < 1.29 is 22.4 Å². The lowest BCUT2D eigenvalue weighted by atomic mass is 10.0. The fourth-order valence-corrected chi connectivity index (χ4v) is 6.09. The van der Waals surface area contributed by atoms with Crippen molar-refractivity contribution in [2.75, 3.05) is 19.0 Å². The summed E-state index contributed by atoms with van der Waals surface area (Å²) < 4.78 is 39.3. The second-order valence-electron chi connectivity index (χ2n) is 8.08. The first-order chi connectivity index (χ1) is 16.0. The van der Waals surface area contributed by atoms with Crippen LogP contribution in [-0.2, 0) is 14.8 Å². The molecular weight excluding hydrogens is 440 g/mol. The number of carbonyl (C=O) groups excluding carboxylic acids is 1. The lowest BCUT2D eigenvalue weighted by molar-refractivity contribution is -0.120. The van der Waals surface area contributed by atoms with E-state index in [-0.39, 0.29) is 10.8 Å². The summed E-state index contributed by atoms with van der Waals surface area (Å²) in [6.45, 7) is 0.301. The Morgan fingerprint density at radius 2 is 1.76 bits per heavy atom. The molecule has 1 atom stereocenters. The fraction of sp³-hybridized carbons (Fsp3) is 0.240. The first-order valence-corrected chi connectivity index (χ1v) is 12.3. The molecule has 5 rings (SSSR count). The molecule has 1 N–H and O–H groups in total. The molecule has 1 amide bonds. The van der Waals surface area contributed by atoms with Crippen molar-refractivity contribution in [3.8, 4) is 5.75 Å². The van der Waals surface area contributed by atoms with Gasteiger partial charge in [-0.2, -0.15) is 4.31 Å². The van der Waals surface area contributed by atoms with Crippen LogP contribution in [0.4, 0.5) is 5.69 Å². The highest BCUT2D eigenvalue weighted by molar-refractivity contribution is 7.89. The van der Waals surface area contributed by atoms with Crippen LogP contribution in [0.25, 0.3) is 21.9 Å². The normalized spacial score (nSPS) is 17.3. The van der Waals surface area contributed by atoms with Crippen LogP contribution in [0.3, 0.4) is 0 Å². The molecule has 4 aromatic rings. The molecule has 1 aliphatic rings.